The van der Waals surface area contributed by atoms with E-state index >= 15 is 0 Å². The summed E-state index contributed by atoms with van der Waals surface area (Å²) in [5.74, 6) is 0.322. The Labute approximate surface area is 105 Å². The lowest BCUT2D eigenvalue weighted by Gasteiger charge is -2.15. The van der Waals surface area contributed by atoms with E-state index < -0.39 is 0 Å². The Bertz CT molecular complexity index is 563. The molecular weight excluding hydrogens is 236 g/mol. The van der Waals surface area contributed by atoms with Crippen LogP contribution in [0.25, 0.3) is 10.8 Å². The third-order valence-electron chi connectivity index (χ3n) is 2.92. The topological polar surface area (TPSA) is 26.3 Å². The molecule has 0 saturated heterocycles. The molecule has 2 aromatic carbocycles. The lowest BCUT2D eigenvalue weighted by atomic mass is 9.94. The fraction of sp³-hybridized carbons (Fsp3) is 0.214. The maximum Gasteiger partial charge on any atom is 0.228 e. The zero-order valence-corrected chi connectivity index (χ0v) is 10.5. The van der Waals surface area contributed by atoms with E-state index in [-0.39, 0.29) is 11.2 Å². The number of benzene rings is 2. The molecule has 1 atom stereocenters. The minimum atomic E-state index is -0.377. The third-order valence-corrected chi connectivity index (χ3v) is 3.25. The van der Waals surface area contributed by atoms with Crippen LogP contribution in [0.2, 0.25) is 0 Å². The van der Waals surface area contributed by atoms with Gasteiger partial charge < -0.3 is 4.74 Å². The van der Waals surface area contributed by atoms with Crippen molar-refractivity contribution in [1.29, 1.82) is 0 Å². The quantitative estimate of drug-likeness (QED) is 0.774. The van der Waals surface area contributed by atoms with Gasteiger partial charge in [0.1, 0.15) is 5.75 Å². The largest absolute Gasteiger partial charge is 0.496 e. The first-order valence-electron chi connectivity index (χ1n) is 5.40. The number of rotatable bonds is 3. The predicted octanol–water partition coefficient (Wildman–Crippen LogP) is 3.72. The molecule has 1 unspecified atom stereocenters. The lowest BCUT2D eigenvalue weighted by molar-refractivity contribution is -0.112. The van der Waals surface area contributed by atoms with Crippen molar-refractivity contribution in [2.45, 2.75) is 12.8 Å². The maximum absolute atomic E-state index is 11.4. The van der Waals surface area contributed by atoms with E-state index in [1.165, 1.54) is 0 Å². The minimum Gasteiger partial charge on any atom is -0.496 e. The molecule has 0 spiro atoms. The molecule has 0 aliphatic rings. The summed E-state index contributed by atoms with van der Waals surface area (Å²) in [6, 6.07) is 11.7. The molecule has 2 rings (SSSR count). The monoisotopic (exact) mass is 248 g/mol. The van der Waals surface area contributed by atoms with E-state index in [1.807, 2.05) is 36.4 Å². The van der Waals surface area contributed by atoms with Crippen LogP contribution >= 0.6 is 11.6 Å². The molecule has 2 aromatic rings. The number of hydrogen-bond donors (Lipinski definition) is 0. The molecule has 0 heterocycles. The van der Waals surface area contributed by atoms with Crippen molar-refractivity contribution < 1.29 is 9.53 Å². The Morgan fingerprint density at radius 3 is 2.59 bits per heavy atom. The standard InChI is InChI=1S/C14H13ClO2/c1-9(14(15)16)13-11-6-4-3-5-10(11)7-8-12(13)17-2/h3-9H,1-2H3. The summed E-state index contributed by atoms with van der Waals surface area (Å²) < 4.78 is 5.31. The molecular formula is C14H13ClO2. The Balaban J connectivity index is 2.75. The molecule has 0 radical (unpaired) electrons. The van der Waals surface area contributed by atoms with Crippen molar-refractivity contribution in [3.05, 3.63) is 42.0 Å². The third kappa shape index (κ3) is 2.13. The lowest BCUT2D eigenvalue weighted by Crippen LogP contribution is -2.05. The average Bonchev–Trinajstić information content (AvgIpc) is 2.36. The summed E-state index contributed by atoms with van der Waals surface area (Å²) >= 11 is 5.60. The summed E-state index contributed by atoms with van der Waals surface area (Å²) in [6.07, 6.45) is 0. The first-order valence-corrected chi connectivity index (χ1v) is 5.78. The van der Waals surface area contributed by atoms with Crippen LogP contribution in [0, 0.1) is 0 Å². The average molecular weight is 249 g/mol. The van der Waals surface area contributed by atoms with E-state index in [0.717, 1.165) is 16.3 Å². The number of carbonyl (C=O) groups excluding carboxylic acids is 1. The van der Waals surface area contributed by atoms with Gasteiger partial charge in [0.2, 0.25) is 5.24 Å². The highest BCUT2D eigenvalue weighted by molar-refractivity contribution is 6.64. The van der Waals surface area contributed by atoms with Crippen LogP contribution in [-0.4, -0.2) is 12.4 Å². The molecule has 0 bridgehead atoms. The minimum absolute atomic E-state index is 0.375. The van der Waals surface area contributed by atoms with Crippen molar-refractivity contribution in [1.82, 2.24) is 0 Å². The number of hydrogen-bond acceptors (Lipinski definition) is 2. The Kier molecular flexibility index (Phi) is 3.34. The molecule has 0 N–H and O–H groups in total. The fourth-order valence-electron chi connectivity index (χ4n) is 2.01. The SMILES string of the molecule is COc1ccc2ccccc2c1C(C)C(=O)Cl. The second-order valence-electron chi connectivity index (χ2n) is 3.93. The highest BCUT2D eigenvalue weighted by atomic mass is 35.5. The van der Waals surface area contributed by atoms with Gasteiger partial charge in [-0.2, -0.15) is 0 Å². The smallest absolute Gasteiger partial charge is 0.228 e. The molecule has 0 saturated carbocycles. The van der Waals surface area contributed by atoms with Crippen LogP contribution in [-0.2, 0) is 4.79 Å². The summed E-state index contributed by atoms with van der Waals surface area (Å²) in [5.41, 5.74) is 0.852. The Morgan fingerprint density at radius 2 is 1.94 bits per heavy atom. The highest BCUT2D eigenvalue weighted by Crippen LogP contribution is 2.34. The summed E-state index contributed by atoms with van der Waals surface area (Å²) in [7, 11) is 1.60. The van der Waals surface area contributed by atoms with Crippen LogP contribution in [0.3, 0.4) is 0 Å². The van der Waals surface area contributed by atoms with Crippen molar-refractivity contribution >= 4 is 27.6 Å². The fourth-order valence-corrected chi connectivity index (χ4v) is 2.12. The van der Waals surface area contributed by atoms with Crippen LogP contribution in [0.1, 0.15) is 18.4 Å². The van der Waals surface area contributed by atoms with E-state index in [0.29, 0.717) is 5.75 Å². The van der Waals surface area contributed by atoms with E-state index in [2.05, 4.69) is 0 Å². The van der Waals surface area contributed by atoms with Gasteiger partial charge in [-0.25, -0.2) is 0 Å². The second kappa shape index (κ2) is 4.76. The van der Waals surface area contributed by atoms with E-state index in [1.54, 1.807) is 14.0 Å². The molecule has 0 aromatic heterocycles. The number of halogens is 1. The van der Waals surface area contributed by atoms with Crippen molar-refractivity contribution in [2.75, 3.05) is 7.11 Å². The van der Waals surface area contributed by atoms with Gasteiger partial charge in [0, 0.05) is 5.56 Å². The van der Waals surface area contributed by atoms with Crippen LogP contribution in [0.4, 0.5) is 0 Å². The second-order valence-corrected chi connectivity index (χ2v) is 4.30. The van der Waals surface area contributed by atoms with Gasteiger partial charge in [0.05, 0.1) is 13.0 Å². The number of carbonyl (C=O) groups is 1. The van der Waals surface area contributed by atoms with Gasteiger partial charge in [0.15, 0.2) is 0 Å². The number of fused-ring (bicyclic) bond motifs is 1. The molecule has 0 fully saturated rings. The van der Waals surface area contributed by atoms with Crippen LogP contribution in [0.15, 0.2) is 36.4 Å². The Morgan fingerprint density at radius 1 is 1.24 bits per heavy atom. The number of ether oxygens (including phenoxy) is 1. The van der Waals surface area contributed by atoms with Gasteiger partial charge in [-0.05, 0) is 35.4 Å². The number of methoxy groups -OCH3 is 1. The van der Waals surface area contributed by atoms with Crippen LogP contribution in [0.5, 0.6) is 5.75 Å². The van der Waals surface area contributed by atoms with E-state index in [9.17, 15) is 4.79 Å². The van der Waals surface area contributed by atoms with Gasteiger partial charge >= 0.3 is 0 Å². The molecule has 0 amide bonds. The molecule has 0 aliphatic heterocycles. The maximum atomic E-state index is 11.4. The first-order chi connectivity index (χ1) is 8.15. The van der Waals surface area contributed by atoms with Crippen molar-refractivity contribution in [3.63, 3.8) is 0 Å². The summed E-state index contributed by atoms with van der Waals surface area (Å²) in [5, 5.41) is 1.71. The van der Waals surface area contributed by atoms with Crippen molar-refractivity contribution in [3.8, 4) is 5.75 Å². The normalized spacial score (nSPS) is 12.4. The van der Waals surface area contributed by atoms with Crippen LogP contribution < -0.4 is 4.74 Å². The molecule has 88 valence electrons. The van der Waals surface area contributed by atoms with Crippen molar-refractivity contribution in [2.24, 2.45) is 0 Å². The first kappa shape index (κ1) is 11.9. The zero-order valence-electron chi connectivity index (χ0n) is 9.74. The molecule has 2 nitrogen and oxygen atoms in total. The molecule has 0 aliphatic carbocycles. The Hall–Kier alpha value is -1.54. The predicted molar refractivity (Wildman–Crippen MR) is 69.8 cm³/mol. The zero-order chi connectivity index (χ0) is 12.4. The van der Waals surface area contributed by atoms with Gasteiger partial charge in [-0.15, -0.1) is 0 Å². The van der Waals surface area contributed by atoms with Gasteiger partial charge in [-0.1, -0.05) is 30.3 Å². The van der Waals surface area contributed by atoms with Gasteiger partial charge in [0.25, 0.3) is 0 Å². The highest BCUT2D eigenvalue weighted by Gasteiger charge is 2.19. The van der Waals surface area contributed by atoms with E-state index in [4.69, 9.17) is 16.3 Å². The van der Waals surface area contributed by atoms with Gasteiger partial charge in [-0.3, -0.25) is 4.79 Å². The summed E-state index contributed by atoms with van der Waals surface area (Å²) in [4.78, 5) is 11.4. The summed E-state index contributed by atoms with van der Waals surface area (Å²) in [6.45, 7) is 1.79. The molecule has 3 heteroatoms. The molecule has 17 heavy (non-hydrogen) atoms.